The molecule has 6 heteroatoms. The number of hydrogen-bond acceptors (Lipinski definition) is 6. The number of ether oxygens (including phenoxy) is 1. The topological polar surface area (TPSA) is 48.8 Å². The lowest BCUT2D eigenvalue weighted by Crippen LogP contribution is -2.48. The molecule has 5 nitrogen and oxygen atoms in total. The van der Waals surface area contributed by atoms with Crippen molar-refractivity contribution in [3.05, 3.63) is 16.1 Å². The van der Waals surface area contributed by atoms with Gasteiger partial charge in [-0.3, -0.25) is 9.80 Å². The molecule has 2 saturated heterocycles. The summed E-state index contributed by atoms with van der Waals surface area (Å²) >= 11 is 1.61. The Labute approximate surface area is 148 Å². The maximum Gasteiger partial charge on any atom is 0.110 e. The van der Waals surface area contributed by atoms with E-state index in [1.165, 1.54) is 0 Å². The standard InChI is InChI=1S/C18H27N3O2S/c1-3-8-20(2)13-17-19-16(14-24-17)18(22)6-9-21(10-7-18)15-4-11-23-12-5-15/h1,14-15,22H,4-13H2,2H3. The van der Waals surface area contributed by atoms with E-state index in [9.17, 15) is 5.11 Å². The average molecular weight is 350 g/mol. The van der Waals surface area contributed by atoms with E-state index in [0.717, 1.165) is 69.2 Å². The normalized spacial score (nSPS) is 22.6. The minimum atomic E-state index is -0.777. The highest BCUT2D eigenvalue weighted by Gasteiger charge is 2.38. The summed E-state index contributed by atoms with van der Waals surface area (Å²) in [6.07, 6.45) is 9.08. The molecule has 0 aliphatic carbocycles. The fourth-order valence-electron chi connectivity index (χ4n) is 3.61. The fourth-order valence-corrected chi connectivity index (χ4v) is 4.57. The van der Waals surface area contributed by atoms with Crippen molar-refractivity contribution in [3.63, 3.8) is 0 Å². The van der Waals surface area contributed by atoms with E-state index >= 15 is 0 Å². The molecule has 132 valence electrons. The Morgan fingerprint density at radius 3 is 2.83 bits per heavy atom. The molecule has 3 heterocycles. The van der Waals surface area contributed by atoms with Crippen LogP contribution in [-0.2, 0) is 16.9 Å². The van der Waals surface area contributed by atoms with Crippen LogP contribution in [-0.4, -0.2) is 65.8 Å². The molecule has 2 aliphatic rings. The molecule has 0 spiro atoms. The lowest BCUT2D eigenvalue weighted by Gasteiger charge is -2.42. The van der Waals surface area contributed by atoms with Crippen molar-refractivity contribution in [3.8, 4) is 12.3 Å². The molecule has 0 radical (unpaired) electrons. The maximum atomic E-state index is 11.1. The van der Waals surface area contributed by atoms with Gasteiger partial charge in [-0.15, -0.1) is 17.8 Å². The average Bonchev–Trinajstić information content (AvgIpc) is 3.06. The molecule has 0 unspecified atom stereocenters. The number of likely N-dealkylation sites (tertiary alicyclic amines) is 1. The molecule has 1 aromatic rings. The number of thiazole rings is 1. The number of piperidine rings is 1. The highest BCUT2D eigenvalue weighted by Crippen LogP contribution is 2.35. The van der Waals surface area contributed by atoms with E-state index in [0.29, 0.717) is 12.6 Å². The first-order chi connectivity index (χ1) is 11.6. The Kier molecular flexibility index (Phi) is 5.90. The van der Waals surface area contributed by atoms with Crippen LogP contribution in [0.1, 0.15) is 36.4 Å². The lowest BCUT2D eigenvalue weighted by molar-refractivity contribution is -0.0525. The van der Waals surface area contributed by atoms with Crippen molar-refractivity contribution < 1.29 is 9.84 Å². The zero-order valence-corrected chi connectivity index (χ0v) is 15.2. The molecular formula is C18H27N3O2S. The summed E-state index contributed by atoms with van der Waals surface area (Å²) in [5.41, 5.74) is 0.0596. The van der Waals surface area contributed by atoms with Gasteiger partial charge in [0.2, 0.25) is 0 Å². The smallest absolute Gasteiger partial charge is 0.110 e. The molecule has 0 bridgehead atoms. The van der Waals surface area contributed by atoms with E-state index in [-0.39, 0.29) is 0 Å². The van der Waals surface area contributed by atoms with Crippen molar-refractivity contribution in [1.29, 1.82) is 0 Å². The molecule has 1 N–H and O–H groups in total. The first-order valence-corrected chi connectivity index (χ1v) is 9.60. The van der Waals surface area contributed by atoms with Gasteiger partial charge in [-0.05, 0) is 32.7 Å². The fraction of sp³-hybridized carbons (Fsp3) is 0.722. The van der Waals surface area contributed by atoms with Gasteiger partial charge in [-0.1, -0.05) is 5.92 Å². The van der Waals surface area contributed by atoms with Crippen LogP contribution in [0.25, 0.3) is 0 Å². The Balaban J connectivity index is 1.57. The molecule has 1 aromatic heterocycles. The van der Waals surface area contributed by atoms with Crippen molar-refractivity contribution >= 4 is 11.3 Å². The van der Waals surface area contributed by atoms with Gasteiger partial charge in [0, 0.05) is 37.7 Å². The quantitative estimate of drug-likeness (QED) is 0.820. The number of terminal acetylenes is 1. The van der Waals surface area contributed by atoms with Crippen molar-refractivity contribution in [2.75, 3.05) is 39.9 Å². The van der Waals surface area contributed by atoms with Crippen molar-refractivity contribution in [1.82, 2.24) is 14.8 Å². The summed E-state index contributed by atoms with van der Waals surface area (Å²) in [7, 11) is 1.99. The highest BCUT2D eigenvalue weighted by atomic mass is 32.1. The molecule has 0 aromatic carbocycles. The van der Waals surface area contributed by atoms with E-state index in [1.54, 1.807) is 11.3 Å². The van der Waals surface area contributed by atoms with Gasteiger partial charge in [-0.25, -0.2) is 4.98 Å². The van der Waals surface area contributed by atoms with E-state index in [4.69, 9.17) is 11.2 Å². The third-order valence-electron chi connectivity index (χ3n) is 5.13. The Bertz CT molecular complexity index is 569. The largest absolute Gasteiger partial charge is 0.383 e. The molecule has 2 aliphatic heterocycles. The molecule has 24 heavy (non-hydrogen) atoms. The van der Waals surface area contributed by atoms with Crippen LogP contribution in [0.2, 0.25) is 0 Å². The third kappa shape index (κ3) is 4.16. The van der Waals surface area contributed by atoms with Gasteiger partial charge in [0.25, 0.3) is 0 Å². The van der Waals surface area contributed by atoms with E-state index < -0.39 is 5.60 Å². The molecular weight excluding hydrogens is 322 g/mol. The van der Waals surface area contributed by atoms with Crippen molar-refractivity contribution in [2.45, 2.75) is 43.9 Å². The van der Waals surface area contributed by atoms with E-state index in [1.807, 2.05) is 12.4 Å². The van der Waals surface area contributed by atoms with Gasteiger partial charge in [0.15, 0.2) is 0 Å². The predicted octanol–water partition coefficient (Wildman–Crippen LogP) is 1.67. The van der Waals surface area contributed by atoms with Crippen LogP contribution >= 0.6 is 11.3 Å². The monoisotopic (exact) mass is 349 g/mol. The van der Waals surface area contributed by atoms with Gasteiger partial charge in [-0.2, -0.15) is 0 Å². The summed E-state index contributed by atoms with van der Waals surface area (Å²) in [6.45, 7) is 4.95. The molecule has 0 atom stereocenters. The van der Waals surface area contributed by atoms with Crippen LogP contribution in [0.5, 0.6) is 0 Å². The minimum Gasteiger partial charge on any atom is -0.383 e. The lowest BCUT2D eigenvalue weighted by atomic mass is 9.87. The molecule has 0 saturated carbocycles. The van der Waals surface area contributed by atoms with Gasteiger partial charge in [0.1, 0.15) is 10.6 Å². The van der Waals surface area contributed by atoms with Crippen molar-refractivity contribution in [2.24, 2.45) is 0 Å². The summed E-state index contributed by atoms with van der Waals surface area (Å²) in [6, 6.07) is 0.617. The van der Waals surface area contributed by atoms with Crippen LogP contribution in [0, 0.1) is 12.3 Å². The minimum absolute atomic E-state index is 0.610. The molecule has 0 amide bonds. The first kappa shape index (κ1) is 17.8. The number of hydrogen-bond donors (Lipinski definition) is 1. The summed E-state index contributed by atoms with van der Waals surface area (Å²) < 4.78 is 5.45. The van der Waals surface area contributed by atoms with Crippen LogP contribution < -0.4 is 0 Å². The molecule has 3 rings (SSSR count). The second-order valence-electron chi connectivity index (χ2n) is 6.91. The van der Waals surface area contributed by atoms with E-state index in [2.05, 4.69) is 20.7 Å². The van der Waals surface area contributed by atoms with Crippen LogP contribution in [0.15, 0.2) is 5.38 Å². The summed E-state index contributed by atoms with van der Waals surface area (Å²) in [5, 5.41) is 14.1. The molecule has 2 fully saturated rings. The first-order valence-electron chi connectivity index (χ1n) is 8.72. The van der Waals surface area contributed by atoms with Crippen LogP contribution in [0.3, 0.4) is 0 Å². The maximum absolute atomic E-state index is 11.1. The number of nitrogens with zero attached hydrogens (tertiary/aromatic N) is 3. The number of aliphatic hydroxyl groups is 1. The van der Waals surface area contributed by atoms with Gasteiger partial charge in [0.05, 0.1) is 18.8 Å². The zero-order chi connectivity index (χ0) is 17.0. The highest BCUT2D eigenvalue weighted by molar-refractivity contribution is 7.09. The van der Waals surface area contributed by atoms with Gasteiger partial charge < -0.3 is 9.84 Å². The Hall–Kier alpha value is -0.970. The van der Waals surface area contributed by atoms with Gasteiger partial charge >= 0.3 is 0 Å². The Morgan fingerprint density at radius 1 is 1.46 bits per heavy atom. The summed E-state index contributed by atoms with van der Waals surface area (Å²) in [5.74, 6) is 2.64. The Morgan fingerprint density at radius 2 is 2.17 bits per heavy atom. The second kappa shape index (κ2) is 7.94. The third-order valence-corrected chi connectivity index (χ3v) is 5.96. The number of aromatic nitrogens is 1. The zero-order valence-electron chi connectivity index (χ0n) is 14.4. The number of rotatable bonds is 5. The predicted molar refractivity (Wildman–Crippen MR) is 95.8 cm³/mol. The SMILES string of the molecule is C#CCN(C)Cc1nc(C2(O)CCN(C3CCOCC3)CC2)cs1. The summed E-state index contributed by atoms with van der Waals surface area (Å²) in [4.78, 5) is 9.26. The second-order valence-corrected chi connectivity index (χ2v) is 7.86. The van der Waals surface area contributed by atoms with Crippen LogP contribution in [0.4, 0.5) is 0 Å².